The summed E-state index contributed by atoms with van der Waals surface area (Å²) in [5, 5.41) is 14.8. The average molecular weight is 330 g/mol. The number of carboxylic acid groups (broad SMARTS) is 1. The molecule has 128 valence electrons. The van der Waals surface area contributed by atoms with Gasteiger partial charge in [-0.1, -0.05) is 12.5 Å². The molecule has 6 heteroatoms. The van der Waals surface area contributed by atoms with Gasteiger partial charge in [0.15, 0.2) is 0 Å². The zero-order valence-corrected chi connectivity index (χ0v) is 13.5. The Morgan fingerprint density at radius 1 is 0.875 bits per heavy atom. The molecule has 6 nitrogen and oxygen atoms in total. The van der Waals surface area contributed by atoms with Crippen LogP contribution in [0.1, 0.15) is 38.5 Å². The van der Waals surface area contributed by atoms with Gasteiger partial charge in [0.1, 0.15) is 0 Å². The maximum absolute atomic E-state index is 12.4. The number of aliphatic carboxylic acids is 1. The first-order chi connectivity index (χ1) is 11.5. The lowest BCUT2D eigenvalue weighted by Gasteiger charge is -2.25. The summed E-state index contributed by atoms with van der Waals surface area (Å²) in [7, 11) is 0. The molecule has 3 rings (SSSR count). The lowest BCUT2D eigenvalue weighted by Crippen LogP contribution is -2.30. The summed E-state index contributed by atoms with van der Waals surface area (Å²) in [6.45, 7) is 0. The molecule has 1 aromatic carbocycles. The van der Waals surface area contributed by atoms with Crippen molar-refractivity contribution in [2.24, 2.45) is 17.8 Å². The van der Waals surface area contributed by atoms with Crippen molar-refractivity contribution < 1.29 is 19.5 Å². The molecule has 0 spiro atoms. The molecule has 2 atom stereocenters. The minimum absolute atomic E-state index is 0.0232. The van der Waals surface area contributed by atoms with Crippen LogP contribution in [0.25, 0.3) is 0 Å². The number of carbonyl (C=O) groups excluding carboxylic acids is 2. The summed E-state index contributed by atoms with van der Waals surface area (Å²) in [5.74, 6) is -1.53. The standard InChI is InChI=1S/C18H22N2O4/c21-16(11-7-8-11)19-14-5-2-6-15(10-14)20-17(22)12-3-1-4-13(9-12)18(23)24/h2,5-6,10-13H,1,3-4,7-9H2,(H,19,21)(H,20,22)(H,23,24). The predicted octanol–water partition coefficient (Wildman–Crippen LogP) is 2.86. The molecule has 2 fully saturated rings. The topological polar surface area (TPSA) is 95.5 Å². The predicted molar refractivity (Wildman–Crippen MR) is 89.5 cm³/mol. The van der Waals surface area contributed by atoms with Crippen LogP contribution in [0, 0.1) is 17.8 Å². The Morgan fingerprint density at radius 2 is 1.46 bits per heavy atom. The van der Waals surface area contributed by atoms with Gasteiger partial charge in [-0.05, 0) is 50.3 Å². The van der Waals surface area contributed by atoms with E-state index in [0.717, 1.165) is 19.3 Å². The Hall–Kier alpha value is -2.37. The summed E-state index contributed by atoms with van der Waals surface area (Å²) >= 11 is 0. The first-order valence-electron chi connectivity index (χ1n) is 8.47. The van der Waals surface area contributed by atoms with Crippen LogP contribution in [0.5, 0.6) is 0 Å². The molecule has 2 aliphatic carbocycles. The van der Waals surface area contributed by atoms with Crippen molar-refractivity contribution in [3.63, 3.8) is 0 Å². The average Bonchev–Trinajstić information content (AvgIpc) is 3.40. The van der Waals surface area contributed by atoms with Crippen LogP contribution in [0.2, 0.25) is 0 Å². The first kappa shape index (κ1) is 16.5. The summed E-state index contributed by atoms with van der Waals surface area (Å²) in [4.78, 5) is 35.3. The van der Waals surface area contributed by atoms with E-state index in [2.05, 4.69) is 10.6 Å². The third kappa shape index (κ3) is 4.13. The zero-order chi connectivity index (χ0) is 17.1. The van der Waals surface area contributed by atoms with Gasteiger partial charge in [0.25, 0.3) is 0 Å². The second-order valence-corrected chi connectivity index (χ2v) is 6.73. The molecule has 0 aromatic heterocycles. The van der Waals surface area contributed by atoms with Crippen LogP contribution < -0.4 is 10.6 Å². The molecule has 0 heterocycles. The summed E-state index contributed by atoms with van der Waals surface area (Å²) < 4.78 is 0. The third-order valence-corrected chi connectivity index (χ3v) is 4.74. The van der Waals surface area contributed by atoms with E-state index >= 15 is 0 Å². The Morgan fingerprint density at radius 3 is 2.04 bits per heavy atom. The maximum atomic E-state index is 12.4. The molecule has 2 saturated carbocycles. The molecule has 1 aromatic rings. The van der Waals surface area contributed by atoms with E-state index in [0.29, 0.717) is 30.6 Å². The molecule has 0 bridgehead atoms. The molecular formula is C18H22N2O4. The van der Waals surface area contributed by atoms with Crippen molar-refractivity contribution >= 4 is 29.2 Å². The van der Waals surface area contributed by atoms with Crippen molar-refractivity contribution in [1.82, 2.24) is 0 Å². The van der Waals surface area contributed by atoms with E-state index in [1.54, 1.807) is 24.3 Å². The van der Waals surface area contributed by atoms with Gasteiger partial charge in [-0.25, -0.2) is 0 Å². The second-order valence-electron chi connectivity index (χ2n) is 6.73. The maximum Gasteiger partial charge on any atom is 0.306 e. The van der Waals surface area contributed by atoms with E-state index in [1.165, 1.54) is 0 Å². The number of anilines is 2. The van der Waals surface area contributed by atoms with Crippen LogP contribution >= 0.6 is 0 Å². The van der Waals surface area contributed by atoms with Crippen LogP contribution in [-0.2, 0) is 14.4 Å². The smallest absolute Gasteiger partial charge is 0.306 e. The summed E-state index contributed by atoms with van der Waals surface area (Å²) in [6, 6.07) is 7.06. The Bertz CT molecular complexity index is 654. The fourth-order valence-electron chi connectivity index (χ4n) is 3.16. The largest absolute Gasteiger partial charge is 0.481 e. The summed E-state index contributed by atoms with van der Waals surface area (Å²) in [6.07, 6.45) is 4.38. The highest BCUT2D eigenvalue weighted by Gasteiger charge is 2.31. The van der Waals surface area contributed by atoms with Crippen molar-refractivity contribution in [2.45, 2.75) is 38.5 Å². The van der Waals surface area contributed by atoms with E-state index in [1.807, 2.05) is 0 Å². The number of benzene rings is 1. The van der Waals surface area contributed by atoms with Crippen molar-refractivity contribution in [3.8, 4) is 0 Å². The number of carboxylic acids is 1. The van der Waals surface area contributed by atoms with Gasteiger partial charge < -0.3 is 15.7 Å². The molecule has 0 saturated heterocycles. The van der Waals surface area contributed by atoms with Gasteiger partial charge in [0, 0.05) is 23.2 Å². The minimum atomic E-state index is -0.822. The van der Waals surface area contributed by atoms with Gasteiger partial charge in [-0.15, -0.1) is 0 Å². The van der Waals surface area contributed by atoms with Crippen LogP contribution in [0.3, 0.4) is 0 Å². The van der Waals surface area contributed by atoms with Gasteiger partial charge in [-0.2, -0.15) is 0 Å². The normalized spacial score (nSPS) is 23.3. The number of rotatable bonds is 5. The lowest BCUT2D eigenvalue weighted by molar-refractivity contribution is -0.143. The van der Waals surface area contributed by atoms with Crippen LogP contribution in [-0.4, -0.2) is 22.9 Å². The Balaban J connectivity index is 1.59. The SMILES string of the molecule is O=C(O)C1CCCC(C(=O)Nc2cccc(NC(=O)C3CC3)c2)C1. The quantitative estimate of drug-likeness (QED) is 0.773. The number of hydrogen-bond donors (Lipinski definition) is 3. The zero-order valence-electron chi connectivity index (χ0n) is 13.5. The molecule has 2 amide bonds. The lowest BCUT2D eigenvalue weighted by atomic mass is 9.81. The minimum Gasteiger partial charge on any atom is -0.481 e. The molecule has 2 unspecified atom stereocenters. The van der Waals surface area contributed by atoms with E-state index < -0.39 is 11.9 Å². The van der Waals surface area contributed by atoms with Crippen LogP contribution in [0.15, 0.2) is 24.3 Å². The monoisotopic (exact) mass is 330 g/mol. The number of carbonyl (C=O) groups is 3. The first-order valence-corrected chi connectivity index (χ1v) is 8.47. The van der Waals surface area contributed by atoms with E-state index in [-0.39, 0.29) is 23.7 Å². The van der Waals surface area contributed by atoms with Gasteiger partial charge in [0.05, 0.1) is 5.92 Å². The van der Waals surface area contributed by atoms with Gasteiger partial charge >= 0.3 is 5.97 Å². The summed E-state index contributed by atoms with van der Waals surface area (Å²) in [5.41, 5.74) is 1.28. The third-order valence-electron chi connectivity index (χ3n) is 4.74. The fourth-order valence-corrected chi connectivity index (χ4v) is 3.16. The molecule has 0 radical (unpaired) electrons. The molecule has 0 aliphatic heterocycles. The van der Waals surface area contributed by atoms with E-state index in [9.17, 15) is 14.4 Å². The highest BCUT2D eigenvalue weighted by molar-refractivity contribution is 5.96. The Kier molecular flexibility index (Phi) is 4.83. The fraction of sp³-hybridized carbons (Fsp3) is 0.500. The second kappa shape index (κ2) is 7.03. The van der Waals surface area contributed by atoms with Crippen molar-refractivity contribution in [1.29, 1.82) is 0 Å². The highest BCUT2D eigenvalue weighted by atomic mass is 16.4. The molecular weight excluding hydrogens is 308 g/mol. The number of amides is 2. The van der Waals surface area contributed by atoms with Gasteiger partial charge in [0.2, 0.25) is 11.8 Å². The highest BCUT2D eigenvalue weighted by Crippen LogP contribution is 2.31. The number of hydrogen-bond acceptors (Lipinski definition) is 3. The molecule has 24 heavy (non-hydrogen) atoms. The van der Waals surface area contributed by atoms with Crippen molar-refractivity contribution in [3.05, 3.63) is 24.3 Å². The molecule has 2 aliphatic rings. The molecule has 3 N–H and O–H groups in total. The van der Waals surface area contributed by atoms with Gasteiger partial charge in [-0.3, -0.25) is 14.4 Å². The number of nitrogens with one attached hydrogen (secondary N) is 2. The Labute approximate surface area is 140 Å². The van der Waals surface area contributed by atoms with Crippen molar-refractivity contribution in [2.75, 3.05) is 10.6 Å². The van der Waals surface area contributed by atoms with Crippen LogP contribution in [0.4, 0.5) is 11.4 Å². The van der Waals surface area contributed by atoms with E-state index in [4.69, 9.17) is 5.11 Å².